The predicted molar refractivity (Wildman–Crippen MR) is 84.4 cm³/mol. The van der Waals surface area contributed by atoms with Gasteiger partial charge in [0.15, 0.2) is 0 Å². The minimum atomic E-state index is 0.0207. The Hall–Kier alpha value is -0.0400. The second-order valence-electron chi connectivity index (χ2n) is 6.58. The SMILES string of the molecule is CCCCCCCCCCCCC1CCCCC1O. The maximum absolute atomic E-state index is 9.91. The number of aliphatic hydroxyl groups excluding tert-OH is 1. The molecule has 0 spiro atoms. The van der Waals surface area contributed by atoms with Crippen LogP contribution in [0.15, 0.2) is 0 Å². The molecule has 0 aromatic rings. The maximum Gasteiger partial charge on any atom is 0.0568 e. The second kappa shape index (κ2) is 11.8. The third-order valence-corrected chi connectivity index (χ3v) is 4.80. The molecule has 1 aliphatic rings. The fourth-order valence-corrected chi connectivity index (χ4v) is 3.42. The fraction of sp³-hybridized carbons (Fsp3) is 1.00. The zero-order valence-electron chi connectivity index (χ0n) is 13.2. The van der Waals surface area contributed by atoms with E-state index in [1.807, 2.05) is 0 Å². The van der Waals surface area contributed by atoms with Crippen molar-refractivity contribution in [3.8, 4) is 0 Å². The first-order valence-corrected chi connectivity index (χ1v) is 9.02. The van der Waals surface area contributed by atoms with E-state index < -0.39 is 0 Å². The van der Waals surface area contributed by atoms with Crippen molar-refractivity contribution in [1.29, 1.82) is 0 Å². The topological polar surface area (TPSA) is 20.2 Å². The Balaban J connectivity index is 1.80. The van der Waals surface area contributed by atoms with Gasteiger partial charge >= 0.3 is 0 Å². The Labute approximate surface area is 121 Å². The average molecular weight is 268 g/mol. The summed E-state index contributed by atoms with van der Waals surface area (Å²) in [5.41, 5.74) is 0. The summed E-state index contributed by atoms with van der Waals surface area (Å²) >= 11 is 0. The van der Waals surface area contributed by atoms with E-state index in [0.717, 1.165) is 6.42 Å². The lowest BCUT2D eigenvalue weighted by atomic mass is 9.83. The molecule has 1 heteroatoms. The number of unbranched alkanes of at least 4 members (excludes halogenated alkanes) is 9. The Morgan fingerprint density at radius 1 is 0.737 bits per heavy atom. The molecule has 1 saturated carbocycles. The summed E-state index contributed by atoms with van der Waals surface area (Å²) in [7, 11) is 0. The van der Waals surface area contributed by atoms with Gasteiger partial charge in [0.1, 0.15) is 0 Å². The van der Waals surface area contributed by atoms with Crippen molar-refractivity contribution in [2.75, 3.05) is 0 Å². The highest BCUT2D eigenvalue weighted by molar-refractivity contribution is 4.74. The Bertz CT molecular complexity index is 190. The maximum atomic E-state index is 9.91. The molecule has 0 saturated heterocycles. The van der Waals surface area contributed by atoms with Crippen molar-refractivity contribution in [3.05, 3.63) is 0 Å². The van der Waals surface area contributed by atoms with Crippen molar-refractivity contribution in [1.82, 2.24) is 0 Å². The molecule has 1 nitrogen and oxygen atoms in total. The van der Waals surface area contributed by atoms with Crippen LogP contribution < -0.4 is 0 Å². The molecule has 0 radical (unpaired) electrons. The van der Waals surface area contributed by atoms with Gasteiger partial charge in [0.05, 0.1) is 6.10 Å². The second-order valence-corrected chi connectivity index (χ2v) is 6.58. The van der Waals surface area contributed by atoms with Crippen molar-refractivity contribution in [3.63, 3.8) is 0 Å². The minimum Gasteiger partial charge on any atom is -0.393 e. The van der Waals surface area contributed by atoms with E-state index in [0.29, 0.717) is 5.92 Å². The molecule has 2 atom stereocenters. The Kier molecular flexibility index (Phi) is 10.5. The summed E-state index contributed by atoms with van der Waals surface area (Å²) in [6.45, 7) is 2.28. The van der Waals surface area contributed by atoms with Crippen molar-refractivity contribution in [2.45, 2.75) is 109 Å². The number of aliphatic hydroxyl groups is 1. The van der Waals surface area contributed by atoms with Crippen LogP contribution in [0.4, 0.5) is 0 Å². The van der Waals surface area contributed by atoms with E-state index in [1.165, 1.54) is 89.9 Å². The summed E-state index contributed by atoms with van der Waals surface area (Å²) < 4.78 is 0. The summed E-state index contributed by atoms with van der Waals surface area (Å²) in [5.74, 6) is 0.628. The Morgan fingerprint density at radius 3 is 1.84 bits per heavy atom. The van der Waals surface area contributed by atoms with Crippen LogP contribution in [-0.4, -0.2) is 11.2 Å². The van der Waals surface area contributed by atoms with E-state index in [1.54, 1.807) is 0 Å². The summed E-state index contributed by atoms with van der Waals surface area (Å²) in [5, 5.41) is 9.91. The van der Waals surface area contributed by atoms with Gasteiger partial charge in [-0.1, -0.05) is 84.0 Å². The van der Waals surface area contributed by atoms with E-state index >= 15 is 0 Å². The molecule has 1 rings (SSSR count). The lowest BCUT2D eigenvalue weighted by molar-refractivity contribution is 0.0639. The van der Waals surface area contributed by atoms with Gasteiger partial charge in [-0.05, 0) is 25.2 Å². The molecule has 0 amide bonds. The van der Waals surface area contributed by atoms with Gasteiger partial charge in [0, 0.05) is 0 Å². The standard InChI is InChI=1S/C18H36O/c1-2-3-4-5-6-7-8-9-10-11-14-17-15-12-13-16-18(17)19/h17-19H,2-16H2,1H3. The molecule has 0 bridgehead atoms. The van der Waals surface area contributed by atoms with E-state index in [2.05, 4.69) is 6.92 Å². The molecule has 0 aromatic heterocycles. The van der Waals surface area contributed by atoms with Crippen LogP contribution in [-0.2, 0) is 0 Å². The molecular weight excluding hydrogens is 232 g/mol. The van der Waals surface area contributed by atoms with Gasteiger partial charge in [-0.3, -0.25) is 0 Å². The van der Waals surface area contributed by atoms with Crippen LogP contribution in [0.1, 0.15) is 103 Å². The molecule has 114 valence electrons. The first kappa shape index (κ1) is 17.0. The minimum absolute atomic E-state index is 0.0207. The molecule has 0 aliphatic heterocycles. The van der Waals surface area contributed by atoms with Crippen molar-refractivity contribution in [2.24, 2.45) is 5.92 Å². The molecule has 1 fully saturated rings. The van der Waals surface area contributed by atoms with Crippen molar-refractivity contribution < 1.29 is 5.11 Å². The molecule has 19 heavy (non-hydrogen) atoms. The van der Waals surface area contributed by atoms with Crippen LogP contribution in [0.5, 0.6) is 0 Å². The quantitative estimate of drug-likeness (QED) is 0.466. The third kappa shape index (κ3) is 8.68. The molecule has 1 N–H and O–H groups in total. The van der Waals surface area contributed by atoms with E-state index in [-0.39, 0.29) is 6.10 Å². The largest absolute Gasteiger partial charge is 0.393 e. The van der Waals surface area contributed by atoms with Gasteiger partial charge in [-0.2, -0.15) is 0 Å². The van der Waals surface area contributed by atoms with Gasteiger partial charge in [0.25, 0.3) is 0 Å². The van der Waals surface area contributed by atoms with E-state index in [9.17, 15) is 5.11 Å². The first-order valence-electron chi connectivity index (χ1n) is 9.02. The zero-order chi connectivity index (χ0) is 13.8. The van der Waals surface area contributed by atoms with E-state index in [4.69, 9.17) is 0 Å². The summed E-state index contributed by atoms with van der Waals surface area (Å²) in [6.07, 6.45) is 20.3. The number of hydrogen-bond acceptors (Lipinski definition) is 1. The highest BCUT2D eigenvalue weighted by Crippen LogP contribution is 2.28. The molecule has 1 aliphatic carbocycles. The average Bonchev–Trinajstić information content (AvgIpc) is 2.43. The van der Waals surface area contributed by atoms with Crippen LogP contribution in [0.3, 0.4) is 0 Å². The van der Waals surface area contributed by atoms with Gasteiger partial charge < -0.3 is 5.11 Å². The third-order valence-electron chi connectivity index (χ3n) is 4.80. The lowest BCUT2D eigenvalue weighted by Gasteiger charge is -2.27. The van der Waals surface area contributed by atoms with Gasteiger partial charge in [-0.25, -0.2) is 0 Å². The van der Waals surface area contributed by atoms with Crippen LogP contribution in [0.25, 0.3) is 0 Å². The monoisotopic (exact) mass is 268 g/mol. The smallest absolute Gasteiger partial charge is 0.0568 e. The van der Waals surface area contributed by atoms with Crippen LogP contribution in [0, 0.1) is 5.92 Å². The highest BCUT2D eigenvalue weighted by Gasteiger charge is 2.21. The van der Waals surface area contributed by atoms with Gasteiger partial charge in [-0.15, -0.1) is 0 Å². The van der Waals surface area contributed by atoms with Gasteiger partial charge in [0.2, 0.25) is 0 Å². The number of hydrogen-bond donors (Lipinski definition) is 1. The van der Waals surface area contributed by atoms with Crippen LogP contribution in [0.2, 0.25) is 0 Å². The molecular formula is C18H36O. The highest BCUT2D eigenvalue weighted by atomic mass is 16.3. The predicted octanol–water partition coefficient (Wildman–Crippen LogP) is 5.85. The summed E-state index contributed by atoms with van der Waals surface area (Å²) in [4.78, 5) is 0. The summed E-state index contributed by atoms with van der Waals surface area (Å²) in [6, 6.07) is 0. The first-order chi connectivity index (χ1) is 9.34. The Morgan fingerprint density at radius 2 is 1.26 bits per heavy atom. The van der Waals surface area contributed by atoms with Crippen LogP contribution >= 0.6 is 0 Å². The van der Waals surface area contributed by atoms with Crippen molar-refractivity contribution >= 4 is 0 Å². The normalized spacial score (nSPS) is 23.7. The zero-order valence-corrected chi connectivity index (χ0v) is 13.2. The molecule has 0 heterocycles. The lowest BCUT2D eigenvalue weighted by Crippen LogP contribution is -2.24. The molecule has 0 aromatic carbocycles. The molecule has 2 unspecified atom stereocenters. The number of rotatable bonds is 11. The fourth-order valence-electron chi connectivity index (χ4n) is 3.42.